The average Bonchev–Trinajstić information content (AvgIpc) is 2.97. The third-order valence-corrected chi connectivity index (χ3v) is 6.95. The molecule has 0 spiro atoms. The number of likely N-dealkylation sites (tertiary alicyclic amines) is 1. The van der Waals surface area contributed by atoms with Gasteiger partial charge >= 0.3 is 0 Å². The van der Waals surface area contributed by atoms with Gasteiger partial charge in [-0.1, -0.05) is 18.9 Å². The Balaban J connectivity index is 1.37. The number of carbonyl (C=O) groups is 2. The summed E-state index contributed by atoms with van der Waals surface area (Å²) in [5.74, 6) is 0.243. The Morgan fingerprint density at radius 2 is 2.00 bits per heavy atom. The van der Waals surface area contributed by atoms with Gasteiger partial charge < -0.3 is 10.2 Å². The average molecular weight is 398 g/mol. The van der Waals surface area contributed by atoms with E-state index in [4.69, 9.17) is 0 Å². The van der Waals surface area contributed by atoms with Crippen LogP contribution in [0.15, 0.2) is 30.5 Å². The second kappa shape index (κ2) is 8.86. The zero-order chi connectivity index (χ0) is 19.3. The first-order chi connectivity index (χ1) is 13.7. The Morgan fingerprint density at radius 1 is 1.18 bits per heavy atom. The number of nitrogens with zero attached hydrogens (tertiary/aromatic N) is 2. The van der Waals surface area contributed by atoms with E-state index in [9.17, 15) is 9.59 Å². The maximum absolute atomic E-state index is 12.9. The number of aromatic nitrogens is 1. The standard InChI is InChI=1S/C22H27N3O2S/c26-21(24-15-18-7-3-4-10-23-18)16-8-9-19-17(13-16)14-20(28-19)22(27)25-11-5-1-2-6-12-25/h3-4,7,10,14,16H,1-2,5-6,8-9,11-13,15H2,(H,24,26)/t16-/m0/s1. The Labute approximate surface area is 170 Å². The van der Waals surface area contributed by atoms with Gasteiger partial charge in [0.25, 0.3) is 5.91 Å². The molecule has 0 radical (unpaired) electrons. The summed E-state index contributed by atoms with van der Waals surface area (Å²) < 4.78 is 0. The molecule has 0 unspecified atom stereocenters. The van der Waals surface area contributed by atoms with Crippen LogP contribution < -0.4 is 5.32 Å². The number of pyridine rings is 1. The number of nitrogens with one attached hydrogen (secondary N) is 1. The summed E-state index contributed by atoms with van der Waals surface area (Å²) in [6.45, 7) is 2.21. The summed E-state index contributed by atoms with van der Waals surface area (Å²) in [5, 5.41) is 3.01. The van der Waals surface area contributed by atoms with Crippen molar-refractivity contribution in [1.29, 1.82) is 0 Å². The molecule has 1 atom stereocenters. The van der Waals surface area contributed by atoms with Gasteiger partial charge in [-0.2, -0.15) is 0 Å². The Bertz CT molecular complexity index is 826. The van der Waals surface area contributed by atoms with Gasteiger partial charge in [-0.25, -0.2) is 0 Å². The molecule has 148 valence electrons. The second-order valence-corrected chi connectivity index (χ2v) is 8.88. The SMILES string of the molecule is O=C(NCc1ccccn1)[C@H]1CCc2sc(C(=O)N3CCCCCC3)cc2C1. The van der Waals surface area contributed by atoms with Gasteiger partial charge in [0.15, 0.2) is 0 Å². The van der Waals surface area contributed by atoms with E-state index in [0.29, 0.717) is 6.54 Å². The fourth-order valence-electron chi connectivity index (χ4n) is 4.11. The first kappa shape index (κ1) is 19.1. The van der Waals surface area contributed by atoms with Crippen molar-refractivity contribution in [2.24, 2.45) is 5.92 Å². The van der Waals surface area contributed by atoms with E-state index in [1.807, 2.05) is 29.2 Å². The highest BCUT2D eigenvalue weighted by molar-refractivity contribution is 7.14. The molecule has 0 bridgehead atoms. The molecule has 6 heteroatoms. The lowest BCUT2D eigenvalue weighted by Gasteiger charge is -2.21. The molecular weight excluding hydrogens is 370 g/mol. The van der Waals surface area contributed by atoms with Crippen molar-refractivity contribution in [1.82, 2.24) is 15.2 Å². The molecule has 0 saturated carbocycles. The first-order valence-corrected chi connectivity index (χ1v) is 11.1. The molecule has 1 aliphatic carbocycles. The minimum absolute atomic E-state index is 0.0213. The van der Waals surface area contributed by atoms with E-state index in [2.05, 4.69) is 10.3 Å². The van der Waals surface area contributed by atoms with Crippen LogP contribution in [0.25, 0.3) is 0 Å². The summed E-state index contributed by atoms with van der Waals surface area (Å²) in [6, 6.07) is 7.76. The number of hydrogen-bond donors (Lipinski definition) is 1. The molecule has 2 aromatic heterocycles. The van der Waals surface area contributed by atoms with Gasteiger partial charge in [-0.05, 0) is 55.9 Å². The third kappa shape index (κ3) is 4.43. The Hall–Kier alpha value is -2.21. The van der Waals surface area contributed by atoms with E-state index in [1.165, 1.54) is 23.3 Å². The topological polar surface area (TPSA) is 62.3 Å². The summed E-state index contributed by atoms with van der Waals surface area (Å²) in [7, 11) is 0. The fraction of sp³-hybridized carbons (Fsp3) is 0.500. The van der Waals surface area contributed by atoms with Gasteiger partial charge in [-0.3, -0.25) is 14.6 Å². The van der Waals surface area contributed by atoms with Crippen LogP contribution in [0.2, 0.25) is 0 Å². The number of amides is 2. The molecule has 1 aliphatic heterocycles. The highest BCUT2D eigenvalue weighted by atomic mass is 32.1. The molecule has 2 aromatic rings. The maximum Gasteiger partial charge on any atom is 0.263 e. The molecule has 0 aromatic carbocycles. The van der Waals surface area contributed by atoms with Crippen molar-refractivity contribution in [3.8, 4) is 0 Å². The van der Waals surface area contributed by atoms with Crippen LogP contribution in [0.3, 0.4) is 0 Å². The smallest absolute Gasteiger partial charge is 0.263 e. The Kier molecular flexibility index (Phi) is 6.05. The zero-order valence-corrected chi connectivity index (χ0v) is 17.0. The van der Waals surface area contributed by atoms with Crippen molar-refractivity contribution in [2.75, 3.05) is 13.1 Å². The predicted octanol–water partition coefficient (Wildman–Crippen LogP) is 3.58. The quantitative estimate of drug-likeness (QED) is 0.858. The van der Waals surface area contributed by atoms with Crippen molar-refractivity contribution in [3.05, 3.63) is 51.5 Å². The van der Waals surface area contributed by atoms with Crippen molar-refractivity contribution in [2.45, 2.75) is 51.5 Å². The predicted molar refractivity (Wildman–Crippen MR) is 110 cm³/mol. The van der Waals surface area contributed by atoms with E-state index in [0.717, 1.165) is 55.8 Å². The van der Waals surface area contributed by atoms with Crippen molar-refractivity contribution < 1.29 is 9.59 Å². The van der Waals surface area contributed by atoms with Crippen LogP contribution in [0.5, 0.6) is 0 Å². The van der Waals surface area contributed by atoms with Gasteiger partial charge in [0.2, 0.25) is 5.91 Å². The highest BCUT2D eigenvalue weighted by Crippen LogP contribution is 2.33. The van der Waals surface area contributed by atoms with Crippen LogP contribution in [0.4, 0.5) is 0 Å². The largest absolute Gasteiger partial charge is 0.350 e. The number of thiophene rings is 1. The van der Waals surface area contributed by atoms with Gasteiger partial charge in [0, 0.05) is 30.1 Å². The third-order valence-electron chi connectivity index (χ3n) is 5.73. The van der Waals surface area contributed by atoms with Crippen LogP contribution in [0, 0.1) is 5.92 Å². The number of fused-ring (bicyclic) bond motifs is 1. The summed E-state index contributed by atoms with van der Waals surface area (Å²) in [4.78, 5) is 33.9. The molecule has 4 rings (SSSR count). The molecule has 5 nitrogen and oxygen atoms in total. The molecule has 28 heavy (non-hydrogen) atoms. The normalized spacial score (nSPS) is 19.6. The van der Waals surface area contributed by atoms with Crippen molar-refractivity contribution >= 4 is 23.2 Å². The summed E-state index contributed by atoms with van der Waals surface area (Å²) in [6.07, 6.45) is 8.86. The molecule has 1 fully saturated rings. The number of aryl methyl sites for hydroxylation is 1. The second-order valence-electron chi connectivity index (χ2n) is 7.74. The lowest BCUT2D eigenvalue weighted by atomic mass is 9.87. The van der Waals surface area contributed by atoms with Crippen LogP contribution in [-0.2, 0) is 24.2 Å². The van der Waals surface area contributed by atoms with E-state index < -0.39 is 0 Å². The Morgan fingerprint density at radius 3 is 2.75 bits per heavy atom. The summed E-state index contributed by atoms with van der Waals surface area (Å²) in [5.41, 5.74) is 2.06. The maximum atomic E-state index is 12.9. The molecule has 3 heterocycles. The highest BCUT2D eigenvalue weighted by Gasteiger charge is 2.28. The molecule has 2 aliphatic rings. The van der Waals surface area contributed by atoms with E-state index in [1.54, 1.807) is 17.5 Å². The van der Waals surface area contributed by atoms with Crippen molar-refractivity contribution in [3.63, 3.8) is 0 Å². The molecule has 1 saturated heterocycles. The monoisotopic (exact) mass is 397 g/mol. The zero-order valence-electron chi connectivity index (χ0n) is 16.2. The lowest BCUT2D eigenvalue weighted by Crippen LogP contribution is -2.33. The molecular formula is C22H27N3O2S. The number of rotatable bonds is 4. The van der Waals surface area contributed by atoms with Gasteiger partial charge in [0.05, 0.1) is 17.1 Å². The summed E-state index contributed by atoms with van der Waals surface area (Å²) >= 11 is 1.63. The van der Waals surface area contributed by atoms with E-state index in [-0.39, 0.29) is 17.7 Å². The first-order valence-electron chi connectivity index (χ1n) is 10.3. The minimum Gasteiger partial charge on any atom is -0.350 e. The van der Waals surface area contributed by atoms with Gasteiger partial charge in [-0.15, -0.1) is 11.3 Å². The molecule has 2 amide bonds. The van der Waals surface area contributed by atoms with Crippen LogP contribution >= 0.6 is 11.3 Å². The van der Waals surface area contributed by atoms with E-state index >= 15 is 0 Å². The number of hydrogen-bond acceptors (Lipinski definition) is 4. The minimum atomic E-state index is -0.0213. The van der Waals surface area contributed by atoms with Crippen LogP contribution in [-0.4, -0.2) is 34.8 Å². The van der Waals surface area contributed by atoms with Crippen LogP contribution in [0.1, 0.15) is 57.9 Å². The number of carbonyl (C=O) groups excluding carboxylic acids is 2. The fourth-order valence-corrected chi connectivity index (χ4v) is 5.28. The van der Waals surface area contributed by atoms with Gasteiger partial charge in [0.1, 0.15) is 0 Å². The molecule has 1 N–H and O–H groups in total. The lowest BCUT2D eigenvalue weighted by molar-refractivity contribution is -0.125.